The number of carbonyl (C=O) groups is 1. The molecule has 0 bridgehead atoms. The van der Waals surface area contributed by atoms with Gasteiger partial charge in [0.15, 0.2) is 11.6 Å². The van der Waals surface area contributed by atoms with Crippen molar-refractivity contribution >= 4 is 17.4 Å². The van der Waals surface area contributed by atoms with Crippen LogP contribution in [0.2, 0.25) is 0 Å². The molecule has 0 fully saturated rings. The Bertz CT molecular complexity index is 660. The number of hydrogen-bond donors (Lipinski definition) is 1. The van der Waals surface area contributed by atoms with Gasteiger partial charge in [-0.15, -0.1) is 11.3 Å². The molecule has 118 valence electrons. The SMILES string of the molecule is COc1ccc(CN(C)C(=O)NCc2csc(C)n2)cc1F. The first-order chi connectivity index (χ1) is 10.5. The Balaban J connectivity index is 1.89. The third-order valence-electron chi connectivity index (χ3n) is 3.07. The number of methoxy groups -OCH3 is 1. The van der Waals surface area contributed by atoms with E-state index in [0.717, 1.165) is 10.7 Å². The number of carbonyl (C=O) groups excluding carboxylic acids is 1. The average molecular weight is 323 g/mol. The Labute approximate surface area is 132 Å². The molecular formula is C15H18FN3O2S. The van der Waals surface area contributed by atoms with Crippen LogP contribution >= 0.6 is 11.3 Å². The Morgan fingerprint density at radius 2 is 2.27 bits per heavy atom. The fourth-order valence-corrected chi connectivity index (χ4v) is 2.56. The van der Waals surface area contributed by atoms with Crippen molar-refractivity contribution < 1.29 is 13.9 Å². The van der Waals surface area contributed by atoms with E-state index >= 15 is 0 Å². The minimum absolute atomic E-state index is 0.190. The topological polar surface area (TPSA) is 54.5 Å². The Morgan fingerprint density at radius 3 is 2.86 bits per heavy atom. The molecule has 1 heterocycles. The van der Waals surface area contributed by atoms with Crippen molar-refractivity contribution in [3.63, 3.8) is 0 Å². The fourth-order valence-electron chi connectivity index (χ4n) is 1.94. The van der Waals surface area contributed by atoms with Crippen LogP contribution in [0, 0.1) is 12.7 Å². The molecule has 2 rings (SSSR count). The van der Waals surface area contributed by atoms with Crippen molar-refractivity contribution in [2.45, 2.75) is 20.0 Å². The predicted molar refractivity (Wildman–Crippen MR) is 83.5 cm³/mol. The van der Waals surface area contributed by atoms with Gasteiger partial charge in [0.1, 0.15) is 0 Å². The summed E-state index contributed by atoms with van der Waals surface area (Å²) < 4.78 is 18.5. The number of nitrogens with zero attached hydrogens (tertiary/aromatic N) is 2. The van der Waals surface area contributed by atoms with Gasteiger partial charge >= 0.3 is 6.03 Å². The van der Waals surface area contributed by atoms with Gasteiger partial charge in [-0.25, -0.2) is 14.2 Å². The normalized spacial score (nSPS) is 10.4. The minimum Gasteiger partial charge on any atom is -0.494 e. The van der Waals surface area contributed by atoms with Crippen LogP contribution in [0.5, 0.6) is 5.75 Å². The Morgan fingerprint density at radius 1 is 1.50 bits per heavy atom. The lowest BCUT2D eigenvalue weighted by Crippen LogP contribution is -2.36. The molecule has 2 amide bonds. The van der Waals surface area contributed by atoms with Crippen LogP contribution in [0.1, 0.15) is 16.3 Å². The molecule has 1 aromatic heterocycles. The summed E-state index contributed by atoms with van der Waals surface area (Å²) in [6.45, 7) is 2.60. The summed E-state index contributed by atoms with van der Waals surface area (Å²) in [5.74, 6) is -0.249. The number of aryl methyl sites for hydroxylation is 1. The van der Waals surface area contributed by atoms with E-state index in [1.54, 1.807) is 30.5 Å². The molecule has 0 saturated carbocycles. The molecule has 5 nitrogen and oxygen atoms in total. The van der Waals surface area contributed by atoms with Crippen LogP contribution in [0.15, 0.2) is 23.6 Å². The summed E-state index contributed by atoms with van der Waals surface area (Å²) in [5, 5.41) is 5.66. The molecule has 1 N–H and O–H groups in total. The van der Waals surface area contributed by atoms with Gasteiger partial charge < -0.3 is 15.0 Å². The number of aromatic nitrogens is 1. The van der Waals surface area contributed by atoms with Crippen LogP contribution in [-0.2, 0) is 13.1 Å². The second kappa shape index (κ2) is 7.22. The van der Waals surface area contributed by atoms with E-state index in [-0.39, 0.29) is 11.8 Å². The monoisotopic (exact) mass is 323 g/mol. The zero-order valence-corrected chi connectivity index (χ0v) is 13.5. The Kier molecular flexibility index (Phi) is 5.32. The molecule has 2 aromatic rings. The van der Waals surface area contributed by atoms with Gasteiger partial charge in [-0.05, 0) is 24.6 Å². The number of urea groups is 1. The second-order valence-corrected chi connectivity index (χ2v) is 5.90. The van der Waals surface area contributed by atoms with Gasteiger partial charge in [0.05, 0.1) is 24.4 Å². The average Bonchev–Trinajstić information content (AvgIpc) is 2.90. The molecule has 0 aliphatic heterocycles. The molecule has 0 atom stereocenters. The number of nitrogens with one attached hydrogen (secondary N) is 1. The van der Waals surface area contributed by atoms with Gasteiger partial charge in [-0.2, -0.15) is 0 Å². The van der Waals surface area contributed by atoms with Gasteiger partial charge in [-0.3, -0.25) is 0 Å². The first-order valence-corrected chi connectivity index (χ1v) is 7.60. The van der Waals surface area contributed by atoms with E-state index in [4.69, 9.17) is 4.74 Å². The molecule has 0 saturated heterocycles. The number of halogens is 1. The molecule has 1 aromatic carbocycles. The number of benzene rings is 1. The van der Waals surface area contributed by atoms with E-state index in [1.807, 2.05) is 12.3 Å². The lowest BCUT2D eigenvalue weighted by Gasteiger charge is -2.18. The third-order valence-corrected chi connectivity index (χ3v) is 3.89. The van der Waals surface area contributed by atoms with Crippen molar-refractivity contribution in [2.75, 3.05) is 14.2 Å². The van der Waals surface area contributed by atoms with Gasteiger partial charge in [0.2, 0.25) is 0 Å². The predicted octanol–water partition coefficient (Wildman–Crippen LogP) is 2.94. The standard InChI is InChI=1S/C15H18FN3O2S/c1-10-18-12(9-22-10)7-17-15(20)19(2)8-11-4-5-14(21-3)13(16)6-11/h4-6,9H,7-8H2,1-3H3,(H,17,20). The molecule has 0 aliphatic carbocycles. The number of amides is 2. The Hall–Kier alpha value is -2.15. The molecule has 0 aliphatic rings. The van der Waals surface area contributed by atoms with Crippen LogP contribution in [0.3, 0.4) is 0 Å². The fraction of sp³-hybridized carbons (Fsp3) is 0.333. The van der Waals surface area contributed by atoms with E-state index in [0.29, 0.717) is 18.7 Å². The van der Waals surface area contributed by atoms with Crippen molar-refractivity contribution in [1.82, 2.24) is 15.2 Å². The van der Waals surface area contributed by atoms with Crippen molar-refractivity contribution in [1.29, 1.82) is 0 Å². The maximum absolute atomic E-state index is 13.6. The summed E-state index contributed by atoms with van der Waals surface area (Å²) in [7, 11) is 3.07. The summed E-state index contributed by atoms with van der Waals surface area (Å²) in [4.78, 5) is 17.8. The van der Waals surface area contributed by atoms with E-state index in [1.165, 1.54) is 18.1 Å². The zero-order chi connectivity index (χ0) is 16.1. The molecule has 7 heteroatoms. The molecule has 0 spiro atoms. The third kappa shape index (κ3) is 4.17. The zero-order valence-electron chi connectivity index (χ0n) is 12.7. The van der Waals surface area contributed by atoms with Crippen LogP contribution in [-0.4, -0.2) is 30.1 Å². The summed E-state index contributed by atoms with van der Waals surface area (Å²) in [5.41, 5.74) is 1.53. The van der Waals surface area contributed by atoms with E-state index < -0.39 is 5.82 Å². The van der Waals surface area contributed by atoms with Crippen LogP contribution in [0.4, 0.5) is 9.18 Å². The van der Waals surface area contributed by atoms with Crippen molar-refractivity contribution in [3.8, 4) is 5.75 Å². The first-order valence-electron chi connectivity index (χ1n) is 6.72. The number of ether oxygens (including phenoxy) is 1. The summed E-state index contributed by atoms with van der Waals surface area (Å²) in [6, 6.07) is 4.41. The van der Waals surface area contributed by atoms with Crippen molar-refractivity contribution in [3.05, 3.63) is 45.7 Å². The quantitative estimate of drug-likeness (QED) is 0.920. The molecule has 0 unspecified atom stereocenters. The molecule has 0 radical (unpaired) electrons. The molecule has 22 heavy (non-hydrogen) atoms. The highest BCUT2D eigenvalue weighted by Crippen LogP contribution is 2.18. The highest BCUT2D eigenvalue weighted by atomic mass is 32.1. The molecular weight excluding hydrogens is 305 g/mol. The van der Waals surface area contributed by atoms with E-state index in [9.17, 15) is 9.18 Å². The number of hydrogen-bond acceptors (Lipinski definition) is 4. The maximum Gasteiger partial charge on any atom is 0.317 e. The highest BCUT2D eigenvalue weighted by Gasteiger charge is 2.11. The van der Waals surface area contributed by atoms with E-state index in [2.05, 4.69) is 10.3 Å². The lowest BCUT2D eigenvalue weighted by molar-refractivity contribution is 0.206. The van der Waals surface area contributed by atoms with Crippen molar-refractivity contribution in [2.24, 2.45) is 0 Å². The van der Waals surface area contributed by atoms with Gasteiger partial charge in [0.25, 0.3) is 0 Å². The maximum atomic E-state index is 13.6. The second-order valence-electron chi connectivity index (χ2n) is 4.84. The summed E-state index contributed by atoms with van der Waals surface area (Å²) in [6.07, 6.45) is 0. The van der Waals surface area contributed by atoms with Gasteiger partial charge in [-0.1, -0.05) is 6.07 Å². The number of thiazole rings is 1. The van der Waals surface area contributed by atoms with Crippen LogP contribution in [0.25, 0.3) is 0 Å². The van der Waals surface area contributed by atoms with Crippen LogP contribution < -0.4 is 10.1 Å². The first kappa shape index (κ1) is 16.2. The smallest absolute Gasteiger partial charge is 0.317 e. The highest BCUT2D eigenvalue weighted by molar-refractivity contribution is 7.09. The largest absolute Gasteiger partial charge is 0.494 e. The lowest BCUT2D eigenvalue weighted by atomic mass is 10.2. The minimum atomic E-state index is -0.438. The number of rotatable bonds is 5. The van der Waals surface area contributed by atoms with Gasteiger partial charge in [0, 0.05) is 19.0 Å². The summed E-state index contributed by atoms with van der Waals surface area (Å²) >= 11 is 1.54.